The monoisotopic (exact) mass is 426 g/mol. The Labute approximate surface area is 182 Å². The smallest absolute Gasteiger partial charge is 0.226 e. The number of likely N-dealkylation sites (tertiary alicyclic amines) is 1. The normalized spacial score (nSPS) is 19.1. The zero-order valence-electron chi connectivity index (χ0n) is 17.3. The summed E-state index contributed by atoms with van der Waals surface area (Å²) in [6.07, 6.45) is 2.38. The van der Waals surface area contributed by atoms with Crippen molar-refractivity contribution in [2.45, 2.75) is 39.2 Å². The first-order valence-corrected chi connectivity index (χ1v) is 10.7. The largest absolute Gasteiger partial charge is 0.335 e. The van der Waals surface area contributed by atoms with Crippen molar-refractivity contribution in [2.24, 2.45) is 11.8 Å². The van der Waals surface area contributed by atoms with E-state index in [4.69, 9.17) is 11.6 Å². The van der Waals surface area contributed by atoms with E-state index < -0.39 is 0 Å². The summed E-state index contributed by atoms with van der Waals surface area (Å²) in [5, 5.41) is 3.50. The van der Waals surface area contributed by atoms with Crippen molar-refractivity contribution < 1.29 is 14.4 Å². The first-order valence-electron chi connectivity index (χ1n) is 10.3. The third-order valence-electron chi connectivity index (χ3n) is 5.38. The van der Waals surface area contributed by atoms with E-state index in [1.807, 2.05) is 29.2 Å². The Morgan fingerprint density at radius 1 is 1.13 bits per heavy atom. The summed E-state index contributed by atoms with van der Waals surface area (Å²) in [6.45, 7) is 4.83. The van der Waals surface area contributed by atoms with Crippen LogP contribution in [0.25, 0.3) is 0 Å². The van der Waals surface area contributed by atoms with Crippen LogP contribution in [0.5, 0.6) is 0 Å². The Morgan fingerprint density at radius 3 is 2.40 bits per heavy atom. The number of aldehydes is 1. The standard InChI is InChI=1S/C24H27ClN2O3/c1-16(2)14-27-22(18-5-8-20(25)9-6-18)12-7-19(24(27)30)13-23(29)26-21-10-3-17(15-28)4-11-21/h3-6,8-11,15-16,19,22H,7,12-14H2,1-2H3,(H,26,29). The zero-order chi connectivity index (χ0) is 21.7. The molecule has 1 N–H and O–H groups in total. The van der Waals surface area contributed by atoms with Gasteiger partial charge in [0.1, 0.15) is 6.29 Å². The van der Waals surface area contributed by atoms with Crippen molar-refractivity contribution in [3.63, 3.8) is 0 Å². The number of benzene rings is 2. The lowest BCUT2D eigenvalue weighted by Gasteiger charge is -2.40. The Bertz CT molecular complexity index is 894. The molecule has 0 aliphatic carbocycles. The number of halogens is 1. The number of hydrogen-bond donors (Lipinski definition) is 1. The molecule has 0 spiro atoms. The van der Waals surface area contributed by atoms with E-state index in [-0.39, 0.29) is 30.2 Å². The summed E-state index contributed by atoms with van der Waals surface area (Å²) in [6, 6.07) is 14.3. The quantitative estimate of drug-likeness (QED) is 0.625. The van der Waals surface area contributed by atoms with Gasteiger partial charge in [0.2, 0.25) is 11.8 Å². The first-order chi connectivity index (χ1) is 14.4. The second-order valence-corrected chi connectivity index (χ2v) is 8.65. The second-order valence-electron chi connectivity index (χ2n) is 8.22. The molecule has 0 aromatic heterocycles. The van der Waals surface area contributed by atoms with Gasteiger partial charge in [0.25, 0.3) is 0 Å². The molecule has 0 radical (unpaired) electrons. The average molecular weight is 427 g/mol. The predicted octanol–water partition coefficient (Wildman–Crippen LogP) is 5.12. The minimum absolute atomic E-state index is 0.00682. The molecular weight excluding hydrogens is 400 g/mol. The van der Waals surface area contributed by atoms with E-state index in [0.29, 0.717) is 35.2 Å². The second kappa shape index (κ2) is 9.90. The van der Waals surface area contributed by atoms with Gasteiger partial charge in [-0.05, 0) is 60.7 Å². The molecule has 3 rings (SSSR count). The summed E-state index contributed by atoms with van der Waals surface area (Å²) in [7, 11) is 0. The van der Waals surface area contributed by atoms with E-state index in [9.17, 15) is 14.4 Å². The number of piperidine rings is 1. The van der Waals surface area contributed by atoms with Gasteiger partial charge in [0, 0.05) is 35.2 Å². The van der Waals surface area contributed by atoms with Crippen LogP contribution in [0.1, 0.15) is 55.1 Å². The highest BCUT2D eigenvalue weighted by molar-refractivity contribution is 6.30. The number of nitrogens with zero attached hydrogens (tertiary/aromatic N) is 1. The van der Waals surface area contributed by atoms with E-state index >= 15 is 0 Å². The van der Waals surface area contributed by atoms with Crippen LogP contribution in [0.3, 0.4) is 0 Å². The highest BCUT2D eigenvalue weighted by Gasteiger charge is 2.37. The van der Waals surface area contributed by atoms with Crippen molar-refractivity contribution in [2.75, 3.05) is 11.9 Å². The molecule has 0 bridgehead atoms. The fraction of sp³-hybridized carbons (Fsp3) is 0.375. The average Bonchev–Trinajstić information content (AvgIpc) is 2.72. The number of carbonyl (C=O) groups excluding carboxylic acids is 3. The van der Waals surface area contributed by atoms with Crippen LogP contribution in [-0.2, 0) is 9.59 Å². The number of carbonyl (C=O) groups is 3. The van der Waals surface area contributed by atoms with Crippen molar-refractivity contribution in [1.82, 2.24) is 4.90 Å². The fourth-order valence-electron chi connectivity index (χ4n) is 3.94. The molecule has 1 saturated heterocycles. The third kappa shape index (κ3) is 5.48. The van der Waals surface area contributed by atoms with Gasteiger partial charge in [-0.15, -0.1) is 0 Å². The predicted molar refractivity (Wildman–Crippen MR) is 119 cm³/mol. The van der Waals surface area contributed by atoms with Gasteiger partial charge in [-0.25, -0.2) is 0 Å². The highest BCUT2D eigenvalue weighted by Crippen LogP contribution is 2.36. The molecule has 158 valence electrons. The Hall–Kier alpha value is -2.66. The van der Waals surface area contributed by atoms with Gasteiger partial charge in [-0.3, -0.25) is 14.4 Å². The fourth-order valence-corrected chi connectivity index (χ4v) is 4.06. The lowest BCUT2D eigenvalue weighted by molar-refractivity contribution is -0.144. The van der Waals surface area contributed by atoms with Gasteiger partial charge in [0.05, 0.1) is 6.04 Å². The van der Waals surface area contributed by atoms with Crippen LogP contribution in [0, 0.1) is 11.8 Å². The van der Waals surface area contributed by atoms with Crippen molar-refractivity contribution in [3.05, 3.63) is 64.7 Å². The molecule has 2 atom stereocenters. The van der Waals surface area contributed by atoms with Crippen LogP contribution < -0.4 is 5.32 Å². The van der Waals surface area contributed by atoms with Gasteiger partial charge < -0.3 is 10.2 Å². The van der Waals surface area contributed by atoms with Gasteiger partial charge in [-0.1, -0.05) is 37.6 Å². The summed E-state index contributed by atoms with van der Waals surface area (Å²) in [5.74, 6) is -0.169. The summed E-state index contributed by atoms with van der Waals surface area (Å²) in [5.41, 5.74) is 2.24. The van der Waals surface area contributed by atoms with Crippen LogP contribution >= 0.6 is 11.6 Å². The molecular formula is C24H27ClN2O3. The summed E-state index contributed by atoms with van der Waals surface area (Å²) in [4.78, 5) is 38.5. The molecule has 1 heterocycles. The SMILES string of the molecule is CC(C)CN1C(=O)C(CC(=O)Nc2ccc(C=O)cc2)CCC1c1ccc(Cl)cc1. The van der Waals surface area contributed by atoms with E-state index in [1.165, 1.54) is 0 Å². The minimum Gasteiger partial charge on any atom is -0.335 e. The number of rotatable bonds is 7. The maximum absolute atomic E-state index is 13.3. The summed E-state index contributed by atoms with van der Waals surface area (Å²) >= 11 is 6.02. The highest BCUT2D eigenvalue weighted by atomic mass is 35.5. The van der Waals surface area contributed by atoms with Gasteiger partial charge in [0.15, 0.2) is 0 Å². The van der Waals surface area contributed by atoms with Crippen molar-refractivity contribution >= 4 is 35.4 Å². The lowest BCUT2D eigenvalue weighted by atomic mass is 9.85. The molecule has 30 heavy (non-hydrogen) atoms. The first kappa shape index (κ1) is 22.0. The topological polar surface area (TPSA) is 66.5 Å². The van der Waals surface area contributed by atoms with Crippen molar-refractivity contribution in [1.29, 1.82) is 0 Å². The molecule has 2 aromatic rings. The number of hydrogen-bond acceptors (Lipinski definition) is 3. The lowest BCUT2D eigenvalue weighted by Crippen LogP contribution is -2.45. The minimum atomic E-state index is -0.332. The van der Waals surface area contributed by atoms with Crippen LogP contribution in [0.2, 0.25) is 5.02 Å². The van der Waals surface area contributed by atoms with E-state index in [1.54, 1.807) is 24.3 Å². The zero-order valence-corrected chi connectivity index (χ0v) is 18.1. The van der Waals surface area contributed by atoms with Crippen molar-refractivity contribution in [3.8, 4) is 0 Å². The van der Waals surface area contributed by atoms with Gasteiger partial charge in [-0.2, -0.15) is 0 Å². The summed E-state index contributed by atoms with van der Waals surface area (Å²) < 4.78 is 0. The van der Waals surface area contributed by atoms with Crippen LogP contribution in [0.4, 0.5) is 5.69 Å². The molecule has 1 aliphatic rings. The van der Waals surface area contributed by atoms with Gasteiger partial charge >= 0.3 is 0 Å². The number of anilines is 1. The van der Waals surface area contributed by atoms with E-state index in [2.05, 4.69) is 19.2 Å². The molecule has 6 heteroatoms. The third-order valence-corrected chi connectivity index (χ3v) is 5.63. The molecule has 2 unspecified atom stereocenters. The van der Waals surface area contributed by atoms with E-state index in [0.717, 1.165) is 18.3 Å². The van der Waals surface area contributed by atoms with Crippen LogP contribution in [-0.4, -0.2) is 29.5 Å². The maximum Gasteiger partial charge on any atom is 0.226 e. The Morgan fingerprint density at radius 2 is 1.80 bits per heavy atom. The number of nitrogens with one attached hydrogen (secondary N) is 1. The Balaban J connectivity index is 1.69. The molecule has 5 nitrogen and oxygen atoms in total. The van der Waals surface area contributed by atoms with Crippen LogP contribution in [0.15, 0.2) is 48.5 Å². The number of amides is 2. The molecule has 2 amide bonds. The molecule has 2 aromatic carbocycles. The Kier molecular flexibility index (Phi) is 7.27. The molecule has 1 aliphatic heterocycles. The molecule has 0 saturated carbocycles. The maximum atomic E-state index is 13.3. The molecule has 1 fully saturated rings.